The predicted octanol–water partition coefficient (Wildman–Crippen LogP) is 2.65. The van der Waals surface area contributed by atoms with Gasteiger partial charge in [-0.25, -0.2) is 0 Å². The summed E-state index contributed by atoms with van der Waals surface area (Å²) in [7, 11) is 0. The van der Waals surface area contributed by atoms with Gasteiger partial charge in [-0.2, -0.15) is 0 Å². The van der Waals surface area contributed by atoms with Gasteiger partial charge >= 0.3 is 0 Å². The molecule has 0 unspecified atom stereocenters. The third-order valence-corrected chi connectivity index (χ3v) is 3.83. The van der Waals surface area contributed by atoms with Gasteiger partial charge in [0.2, 0.25) is 5.91 Å². The Morgan fingerprint density at radius 1 is 1.10 bits per heavy atom. The first-order chi connectivity index (χ1) is 9.91. The zero-order valence-electron chi connectivity index (χ0n) is 11.3. The Kier molecular flexibility index (Phi) is 4.15. The van der Waals surface area contributed by atoms with E-state index < -0.39 is 21.4 Å². The molecule has 2 rings (SSSR count). The van der Waals surface area contributed by atoms with Crippen LogP contribution in [-0.2, 0) is 0 Å². The molecule has 2 N–H and O–H groups in total. The smallest absolute Gasteiger partial charge is 0.280 e. The summed E-state index contributed by atoms with van der Waals surface area (Å²) in [5, 5.41) is 22.1. The number of hydrogen-bond donors (Lipinski definition) is 1. The molecule has 0 saturated heterocycles. The quantitative estimate of drug-likeness (QED) is 0.673. The number of amides is 1. The van der Waals surface area contributed by atoms with E-state index in [9.17, 15) is 25.0 Å². The van der Waals surface area contributed by atoms with Crippen molar-refractivity contribution in [2.75, 3.05) is 0 Å². The number of hydrogen-bond acceptors (Lipinski definition) is 5. The molecule has 1 aliphatic carbocycles. The van der Waals surface area contributed by atoms with E-state index in [0.717, 1.165) is 44.2 Å². The van der Waals surface area contributed by atoms with E-state index in [1.165, 1.54) is 0 Å². The highest BCUT2D eigenvalue weighted by atomic mass is 16.6. The SMILES string of the molecule is NC(=O)c1cc([N+](=O)[O-])cc([N+](=O)[O-])c1C1CCCCC1. The van der Waals surface area contributed by atoms with Crippen LogP contribution in [0.25, 0.3) is 0 Å². The van der Waals surface area contributed by atoms with Gasteiger partial charge in [0, 0.05) is 11.6 Å². The molecular formula is C13H15N3O5. The fourth-order valence-corrected chi connectivity index (χ4v) is 2.90. The zero-order chi connectivity index (χ0) is 15.6. The first kappa shape index (κ1) is 14.9. The first-order valence-electron chi connectivity index (χ1n) is 6.68. The molecule has 1 aromatic rings. The Morgan fingerprint density at radius 3 is 2.19 bits per heavy atom. The van der Waals surface area contributed by atoms with E-state index in [1.54, 1.807) is 0 Å². The molecule has 8 nitrogen and oxygen atoms in total. The Labute approximate surface area is 120 Å². The largest absolute Gasteiger partial charge is 0.366 e. The fraction of sp³-hybridized carbons (Fsp3) is 0.462. The molecule has 112 valence electrons. The van der Waals surface area contributed by atoms with Gasteiger partial charge < -0.3 is 5.73 Å². The predicted molar refractivity (Wildman–Crippen MR) is 74.1 cm³/mol. The van der Waals surface area contributed by atoms with Crippen LogP contribution in [0, 0.1) is 20.2 Å². The maximum absolute atomic E-state index is 11.6. The van der Waals surface area contributed by atoms with Crippen LogP contribution in [0.3, 0.4) is 0 Å². The minimum absolute atomic E-state index is 0.109. The zero-order valence-corrected chi connectivity index (χ0v) is 11.3. The minimum Gasteiger partial charge on any atom is -0.366 e. The number of nitrogens with zero attached hydrogens (tertiary/aromatic N) is 2. The van der Waals surface area contributed by atoms with Crippen molar-refractivity contribution >= 4 is 17.3 Å². The molecule has 0 atom stereocenters. The maximum atomic E-state index is 11.6. The summed E-state index contributed by atoms with van der Waals surface area (Å²) in [4.78, 5) is 32.3. The van der Waals surface area contributed by atoms with E-state index in [1.807, 2.05) is 0 Å². The van der Waals surface area contributed by atoms with Crippen molar-refractivity contribution in [3.63, 3.8) is 0 Å². The van der Waals surface area contributed by atoms with Crippen LogP contribution >= 0.6 is 0 Å². The van der Waals surface area contributed by atoms with Crippen LogP contribution in [0.5, 0.6) is 0 Å². The van der Waals surface area contributed by atoms with E-state index in [-0.39, 0.29) is 22.7 Å². The van der Waals surface area contributed by atoms with Crippen molar-refractivity contribution < 1.29 is 14.6 Å². The second-order valence-corrected chi connectivity index (χ2v) is 5.14. The van der Waals surface area contributed by atoms with Gasteiger partial charge in [0.25, 0.3) is 11.4 Å². The molecule has 1 saturated carbocycles. The number of carbonyl (C=O) groups is 1. The lowest BCUT2D eigenvalue weighted by Crippen LogP contribution is -2.19. The molecule has 0 spiro atoms. The molecule has 0 aliphatic heterocycles. The van der Waals surface area contributed by atoms with Crippen LogP contribution in [0.1, 0.15) is 53.9 Å². The highest BCUT2D eigenvalue weighted by molar-refractivity contribution is 5.96. The van der Waals surface area contributed by atoms with Crippen molar-refractivity contribution in [1.82, 2.24) is 0 Å². The molecule has 0 radical (unpaired) electrons. The summed E-state index contributed by atoms with van der Waals surface area (Å²) in [6, 6.07) is 1.95. The topological polar surface area (TPSA) is 129 Å². The molecule has 0 heterocycles. The summed E-state index contributed by atoms with van der Waals surface area (Å²) in [6.45, 7) is 0. The second-order valence-electron chi connectivity index (χ2n) is 5.14. The lowest BCUT2D eigenvalue weighted by atomic mass is 9.81. The number of carbonyl (C=O) groups excluding carboxylic acids is 1. The van der Waals surface area contributed by atoms with Crippen molar-refractivity contribution in [3.05, 3.63) is 43.5 Å². The molecule has 1 fully saturated rings. The summed E-state index contributed by atoms with van der Waals surface area (Å²) in [5.74, 6) is -1.02. The standard InChI is InChI=1S/C13H15N3O5/c14-13(17)10-6-9(15(18)19)7-11(16(20)21)12(10)8-4-2-1-3-5-8/h6-8H,1-5H2,(H2,14,17). The van der Waals surface area contributed by atoms with Crippen LogP contribution in [0.2, 0.25) is 0 Å². The number of nitrogens with two attached hydrogens (primary N) is 1. The monoisotopic (exact) mass is 293 g/mol. The number of non-ortho nitro benzene ring substituents is 1. The molecule has 1 aliphatic rings. The van der Waals surface area contributed by atoms with Gasteiger partial charge in [0.1, 0.15) is 0 Å². The molecule has 0 aromatic heterocycles. The normalized spacial score (nSPS) is 15.6. The van der Waals surface area contributed by atoms with E-state index in [2.05, 4.69) is 0 Å². The van der Waals surface area contributed by atoms with Crippen molar-refractivity contribution in [2.45, 2.75) is 38.0 Å². The number of nitro groups is 2. The van der Waals surface area contributed by atoms with Gasteiger partial charge in [-0.3, -0.25) is 25.0 Å². The number of benzene rings is 1. The minimum atomic E-state index is -0.873. The lowest BCUT2D eigenvalue weighted by molar-refractivity contribution is -0.394. The average molecular weight is 293 g/mol. The summed E-state index contributed by atoms with van der Waals surface area (Å²) in [6.07, 6.45) is 4.31. The summed E-state index contributed by atoms with van der Waals surface area (Å²) in [5.41, 5.74) is 4.54. The summed E-state index contributed by atoms with van der Waals surface area (Å²) < 4.78 is 0. The first-order valence-corrected chi connectivity index (χ1v) is 6.68. The second kappa shape index (κ2) is 5.86. The molecule has 0 bridgehead atoms. The number of nitro benzene ring substituents is 2. The Balaban J connectivity index is 2.66. The lowest BCUT2D eigenvalue weighted by Gasteiger charge is -2.23. The fourth-order valence-electron chi connectivity index (χ4n) is 2.90. The van der Waals surface area contributed by atoms with Gasteiger partial charge in [0.05, 0.1) is 21.5 Å². The van der Waals surface area contributed by atoms with E-state index >= 15 is 0 Å². The third kappa shape index (κ3) is 2.99. The van der Waals surface area contributed by atoms with Crippen molar-refractivity contribution in [1.29, 1.82) is 0 Å². The van der Waals surface area contributed by atoms with Gasteiger partial charge in [-0.1, -0.05) is 19.3 Å². The van der Waals surface area contributed by atoms with Gasteiger partial charge in [0.15, 0.2) is 0 Å². The molecule has 21 heavy (non-hydrogen) atoms. The Morgan fingerprint density at radius 2 is 1.71 bits per heavy atom. The Hall–Kier alpha value is -2.51. The van der Waals surface area contributed by atoms with Gasteiger partial charge in [-0.15, -0.1) is 0 Å². The summed E-state index contributed by atoms with van der Waals surface area (Å²) >= 11 is 0. The molecule has 1 aromatic carbocycles. The number of rotatable bonds is 4. The van der Waals surface area contributed by atoms with E-state index in [0.29, 0.717) is 0 Å². The Bertz CT molecular complexity index is 573. The highest BCUT2D eigenvalue weighted by Crippen LogP contribution is 2.41. The van der Waals surface area contributed by atoms with Crippen LogP contribution in [0.4, 0.5) is 11.4 Å². The maximum Gasteiger partial charge on any atom is 0.280 e. The van der Waals surface area contributed by atoms with Crippen LogP contribution in [-0.4, -0.2) is 15.8 Å². The third-order valence-electron chi connectivity index (χ3n) is 3.83. The molecular weight excluding hydrogens is 278 g/mol. The van der Waals surface area contributed by atoms with Crippen molar-refractivity contribution in [3.8, 4) is 0 Å². The molecule has 8 heteroatoms. The van der Waals surface area contributed by atoms with Crippen molar-refractivity contribution in [2.24, 2.45) is 5.73 Å². The van der Waals surface area contributed by atoms with Gasteiger partial charge in [-0.05, 0) is 18.8 Å². The van der Waals surface area contributed by atoms with E-state index in [4.69, 9.17) is 5.73 Å². The highest BCUT2D eigenvalue weighted by Gasteiger charge is 2.31. The average Bonchev–Trinajstić information content (AvgIpc) is 2.46. The number of primary amides is 1. The molecule has 1 amide bonds. The van der Waals surface area contributed by atoms with Crippen LogP contribution in [0.15, 0.2) is 12.1 Å². The van der Waals surface area contributed by atoms with Crippen LogP contribution < -0.4 is 5.73 Å².